The Bertz CT molecular complexity index is 1390. The number of likely N-dealkylation sites (tertiary alicyclic amines) is 1. The predicted molar refractivity (Wildman–Crippen MR) is 193 cm³/mol. The SMILES string of the molecule is C=CCCC(=O)N[C@H](COC)[C@H](OC(=O)[C@@H]1[C@H]2C(=O)N(CCCCCO)[C@H](C(=O)N(CC=C)CCN3CCOCC3)[C@]23CC[C@H]1O3)c1ccccc1. The zero-order valence-electron chi connectivity index (χ0n) is 30.5. The molecule has 4 aliphatic heterocycles. The number of carbonyl (C=O) groups is 4. The number of carbonyl (C=O) groups excluding carboxylic acids is 4. The molecule has 2 N–H and O–H groups in total. The predicted octanol–water partition coefficient (Wildman–Crippen LogP) is 2.25. The number of nitrogens with zero attached hydrogens (tertiary/aromatic N) is 3. The van der Waals surface area contributed by atoms with Gasteiger partial charge in [0.15, 0.2) is 0 Å². The lowest BCUT2D eigenvalue weighted by Crippen LogP contribution is -2.57. The van der Waals surface area contributed by atoms with Crippen molar-refractivity contribution in [3.8, 4) is 0 Å². The van der Waals surface area contributed by atoms with Crippen molar-refractivity contribution >= 4 is 23.7 Å². The molecule has 4 heterocycles. The summed E-state index contributed by atoms with van der Waals surface area (Å²) >= 11 is 0. The quantitative estimate of drug-likeness (QED) is 0.110. The average Bonchev–Trinajstić information content (AvgIpc) is 3.80. The highest BCUT2D eigenvalue weighted by Gasteiger charge is 2.75. The third-order valence-electron chi connectivity index (χ3n) is 10.8. The number of fused-ring (bicyclic) bond motifs is 1. The fourth-order valence-corrected chi connectivity index (χ4v) is 8.34. The van der Waals surface area contributed by atoms with Gasteiger partial charge in [0.25, 0.3) is 0 Å². The number of hydrogen-bond donors (Lipinski definition) is 2. The third-order valence-corrected chi connectivity index (χ3v) is 10.8. The Kier molecular flexibility index (Phi) is 14.4. The Morgan fingerprint density at radius 1 is 1.12 bits per heavy atom. The second-order valence-electron chi connectivity index (χ2n) is 14.1. The number of morpholine rings is 1. The van der Waals surface area contributed by atoms with Crippen LogP contribution in [0.15, 0.2) is 55.6 Å². The number of benzene rings is 1. The van der Waals surface area contributed by atoms with Crippen molar-refractivity contribution in [1.29, 1.82) is 0 Å². The molecule has 0 unspecified atom stereocenters. The molecule has 3 amide bonds. The second kappa shape index (κ2) is 18.9. The number of unbranched alkanes of at least 4 members (excludes halogenated alkanes) is 2. The Morgan fingerprint density at radius 2 is 1.88 bits per heavy atom. The fourth-order valence-electron chi connectivity index (χ4n) is 8.34. The van der Waals surface area contributed by atoms with Gasteiger partial charge in [-0.1, -0.05) is 42.5 Å². The average molecular weight is 725 g/mol. The first kappa shape index (κ1) is 39.6. The molecule has 5 rings (SSSR count). The van der Waals surface area contributed by atoms with Gasteiger partial charge in [-0.25, -0.2) is 0 Å². The van der Waals surface area contributed by atoms with Crippen LogP contribution in [0.2, 0.25) is 0 Å². The highest BCUT2D eigenvalue weighted by molar-refractivity contribution is 5.98. The molecule has 13 heteroatoms. The molecule has 7 atom stereocenters. The number of aliphatic hydroxyl groups excluding tert-OH is 1. The molecule has 0 saturated carbocycles. The standard InChI is InChI=1S/C39H56N4O9/c1-4-6-15-31(45)40-29(27-49-3)34(28-13-9-7-10-14-28)51-38(48)32-30-16-17-39(52-30)33(32)36(46)43(19-11-8-12-24-44)35(39)37(47)42(18-5-2)21-20-41-22-25-50-26-23-41/h4-5,7,9-10,13-14,29-30,32-35,44H,1-2,6,8,11-12,15-27H2,3H3,(H,40,45)/t29-,30-,32+,33+,34-,35-,39+/m1/s1. The molecule has 286 valence electrons. The van der Waals surface area contributed by atoms with Gasteiger partial charge in [-0.3, -0.25) is 24.1 Å². The first-order chi connectivity index (χ1) is 25.3. The molecule has 13 nitrogen and oxygen atoms in total. The maximum Gasteiger partial charge on any atom is 0.313 e. The summed E-state index contributed by atoms with van der Waals surface area (Å²) in [5.74, 6) is -3.20. The molecule has 1 aromatic carbocycles. The summed E-state index contributed by atoms with van der Waals surface area (Å²) in [5.41, 5.74) is -0.525. The van der Waals surface area contributed by atoms with E-state index >= 15 is 0 Å². The van der Waals surface area contributed by atoms with E-state index in [0.717, 1.165) is 13.1 Å². The van der Waals surface area contributed by atoms with Crippen LogP contribution in [0.3, 0.4) is 0 Å². The van der Waals surface area contributed by atoms with Crippen molar-refractivity contribution in [2.45, 2.75) is 74.8 Å². The van der Waals surface area contributed by atoms with Crippen LogP contribution < -0.4 is 5.32 Å². The summed E-state index contributed by atoms with van der Waals surface area (Å²) in [6.45, 7) is 12.3. The number of allylic oxidation sites excluding steroid dienone is 1. The van der Waals surface area contributed by atoms with Crippen molar-refractivity contribution in [2.24, 2.45) is 11.8 Å². The molecule has 52 heavy (non-hydrogen) atoms. The van der Waals surface area contributed by atoms with Gasteiger partial charge in [0.1, 0.15) is 17.7 Å². The lowest BCUT2D eigenvalue weighted by molar-refractivity contribution is -0.163. The van der Waals surface area contributed by atoms with E-state index in [1.54, 1.807) is 22.0 Å². The van der Waals surface area contributed by atoms with E-state index in [2.05, 4.69) is 23.4 Å². The van der Waals surface area contributed by atoms with Gasteiger partial charge < -0.3 is 39.2 Å². The van der Waals surface area contributed by atoms with Crippen LogP contribution in [0, 0.1) is 11.8 Å². The summed E-state index contributed by atoms with van der Waals surface area (Å²) in [6.07, 6.45) is 5.35. The van der Waals surface area contributed by atoms with Crippen LogP contribution in [0.5, 0.6) is 0 Å². The van der Waals surface area contributed by atoms with E-state index < -0.39 is 47.7 Å². The highest BCUT2D eigenvalue weighted by Crippen LogP contribution is 2.59. The van der Waals surface area contributed by atoms with Crippen molar-refractivity contribution in [1.82, 2.24) is 20.0 Å². The Balaban J connectivity index is 1.43. The summed E-state index contributed by atoms with van der Waals surface area (Å²) in [6, 6.07) is 7.53. The number of hydrogen-bond acceptors (Lipinski definition) is 10. The third kappa shape index (κ3) is 8.77. The maximum atomic E-state index is 14.7. The van der Waals surface area contributed by atoms with Crippen LogP contribution in [-0.2, 0) is 38.1 Å². The fraction of sp³-hybridized carbons (Fsp3) is 0.641. The van der Waals surface area contributed by atoms with Crippen molar-refractivity contribution < 1.29 is 43.2 Å². The lowest BCUT2D eigenvalue weighted by Gasteiger charge is -2.37. The van der Waals surface area contributed by atoms with Crippen LogP contribution in [-0.4, -0.2) is 140 Å². The van der Waals surface area contributed by atoms with Crippen molar-refractivity contribution in [2.75, 3.05) is 72.8 Å². The molecular weight excluding hydrogens is 668 g/mol. The summed E-state index contributed by atoms with van der Waals surface area (Å²) in [4.78, 5) is 62.3. The lowest BCUT2D eigenvalue weighted by atomic mass is 9.70. The smallest absolute Gasteiger partial charge is 0.313 e. The Labute approximate surface area is 307 Å². The summed E-state index contributed by atoms with van der Waals surface area (Å²) in [5, 5.41) is 12.4. The molecule has 0 radical (unpaired) electrons. The summed E-state index contributed by atoms with van der Waals surface area (Å²) in [7, 11) is 1.51. The maximum absolute atomic E-state index is 14.7. The Morgan fingerprint density at radius 3 is 2.58 bits per heavy atom. The van der Waals surface area contributed by atoms with E-state index in [-0.39, 0.29) is 37.4 Å². The normalized spacial score (nSPS) is 26.4. The van der Waals surface area contributed by atoms with Crippen LogP contribution >= 0.6 is 0 Å². The number of amides is 3. The zero-order valence-corrected chi connectivity index (χ0v) is 30.5. The molecular formula is C39H56N4O9. The summed E-state index contributed by atoms with van der Waals surface area (Å²) < 4.78 is 24.0. The van der Waals surface area contributed by atoms with Crippen LogP contribution in [0.1, 0.15) is 56.6 Å². The molecule has 0 aliphatic carbocycles. The number of nitrogens with one attached hydrogen (secondary N) is 1. The van der Waals surface area contributed by atoms with E-state index in [4.69, 9.17) is 18.9 Å². The molecule has 4 fully saturated rings. The number of esters is 1. The number of ether oxygens (including phenoxy) is 4. The highest BCUT2D eigenvalue weighted by atomic mass is 16.6. The first-order valence-electron chi connectivity index (χ1n) is 18.7. The van der Waals surface area contributed by atoms with E-state index in [1.165, 1.54) is 7.11 Å². The van der Waals surface area contributed by atoms with Crippen molar-refractivity contribution in [3.63, 3.8) is 0 Å². The largest absolute Gasteiger partial charge is 0.455 e. The Hall–Kier alpha value is -3.62. The van der Waals surface area contributed by atoms with Crippen LogP contribution in [0.25, 0.3) is 0 Å². The molecule has 1 spiro atoms. The van der Waals surface area contributed by atoms with Gasteiger partial charge in [0, 0.05) is 59.4 Å². The van der Waals surface area contributed by atoms with E-state index in [1.807, 2.05) is 30.3 Å². The van der Waals surface area contributed by atoms with Gasteiger partial charge >= 0.3 is 5.97 Å². The van der Waals surface area contributed by atoms with E-state index in [0.29, 0.717) is 83.5 Å². The van der Waals surface area contributed by atoms with E-state index in [9.17, 15) is 24.3 Å². The first-order valence-corrected chi connectivity index (χ1v) is 18.7. The molecule has 0 aromatic heterocycles. The van der Waals surface area contributed by atoms with Gasteiger partial charge in [0.2, 0.25) is 17.7 Å². The molecule has 1 aromatic rings. The van der Waals surface area contributed by atoms with Crippen molar-refractivity contribution in [3.05, 3.63) is 61.2 Å². The molecule has 2 bridgehead atoms. The molecule has 4 saturated heterocycles. The topological polar surface area (TPSA) is 147 Å². The monoisotopic (exact) mass is 724 g/mol. The minimum absolute atomic E-state index is 0.0393. The second-order valence-corrected chi connectivity index (χ2v) is 14.1. The molecule has 4 aliphatic rings. The number of rotatable bonds is 21. The van der Waals surface area contributed by atoms with Gasteiger partial charge in [0.05, 0.1) is 43.8 Å². The minimum Gasteiger partial charge on any atom is -0.455 e. The van der Waals surface area contributed by atoms with Crippen LogP contribution in [0.4, 0.5) is 0 Å². The number of aliphatic hydroxyl groups is 1. The van der Waals surface area contributed by atoms with Gasteiger partial charge in [-0.2, -0.15) is 0 Å². The minimum atomic E-state index is -1.19. The number of methoxy groups -OCH3 is 1. The van der Waals surface area contributed by atoms with Gasteiger partial charge in [-0.15, -0.1) is 13.2 Å². The zero-order chi connectivity index (χ0) is 37.1. The van der Waals surface area contributed by atoms with Gasteiger partial charge in [-0.05, 0) is 44.1 Å².